The van der Waals surface area contributed by atoms with Gasteiger partial charge in [0.1, 0.15) is 0 Å². The van der Waals surface area contributed by atoms with E-state index >= 15 is 0 Å². The molecule has 0 aromatic heterocycles. The summed E-state index contributed by atoms with van der Waals surface area (Å²) in [6, 6.07) is 31.2. The van der Waals surface area contributed by atoms with Crippen LogP contribution in [0.1, 0.15) is 11.1 Å². The molecule has 3 rings (SSSR count). The van der Waals surface area contributed by atoms with Crippen molar-refractivity contribution in [2.75, 3.05) is 12.3 Å². The van der Waals surface area contributed by atoms with Crippen LogP contribution in [0.2, 0.25) is 0 Å². The van der Waals surface area contributed by atoms with Crippen molar-refractivity contribution in [3.05, 3.63) is 102 Å². The van der Waals surface area contributed by atoms with Crippen LogP contribution in [-0.2, 0) is 13.1 Å². The van der Waals surface area contributed by atoms with Crippen LogP contribution in [0.4, 0.5) is 0 Å². The molecule has 0 aliphatic carbocycles. The number of thioether (sulfide) groups is 1. The second kappa shape index (κ2) is 10.2. The third-order valence-electron chi connectivity index (χ3n) is 4.15. The van der Waals surface area contributed by atoms with E-state index in [4.69, 9.17) is 0 Å². The Kier molecular flexibility index (Phi) is 7.32. The highest BCUT2D eigenvalue weighted by Crippen LogP contribution is 2.19. The van der Waals surface area contributed by atoms with E-state index in [0.717, 1.165) is 13.1 Å². The van der Waals surface area contributed by atoms with Gasteiger partial charge in [-0.05, 0) is 23.3 Å². The zero-order valence-electron chi connectivity index (χ0n) is 14.9. The van der Waals surface area contributed by atoms with Gasteiger partial charge < -0.3 is 5.11 Å². The van der Waals surface area contributed by atoms with Gasteiger partial charge in [-0.2, -0.15) is 0 Å². The maximum absolute atomic E-state index is 10.6. The fourth-order valence-corrected chi connectivity index (χ4v) is 3.77. The van der Waals surface area contributed by atoms with Gasteiger partial charge in [-0.15, -0.1) is 11.8 Å². The van der Waals surface area contributed by atoms with Gasteiger partial charge in [-0.3, -0.25) is 4.90 Å². The summed E-state index contributed by atoms with van der Waals surface area (Å²) in [7, 11) is 0. The zero-order chi connectivity index (χ0) is 18.0. The molecule has 1 N–H and O–H groups in total. The summed E-state index contributed by atoms with van der Waals surface area (Å²) in [5, 5.41) is 10.6. The molecular weight excluding hydrogens is 338 g/mol. The molecule has 3 aromatic carbocycles. The Labute approximate surface area is 160 Å². The van der Waals surface area contributed by atoms with Crippen LogP contribution < -0.4 is 0 Å². The van der Waals surface area contributed by atoms with E-state index < -0.39 is 0 Å². The largest absolute Gasteiger partial charge is 0.391 e. The van der Waals surface area contributed by atoms with Crippen LogP contribution >= 0.6 is 11.8 Å². The average Bonchev–Trinajstić information content (AvgIpc) is 2.69. The summed E-state index contributed by atoms with van der Waals surface area (Å²) in [5.41, 5.74) is 2.54. The van der Waals surface area contributed by atoms with E-state index in [0.29, 0.717) is 12.3 Å². The molecule has 0 heterocycles. The Morgan fingerprint density at radius 2 is 1.15 bits per heavy atom. The van der Waals surface area contributed by atoms with E-state index in [-0.39, 0.29) is 6.10 Å². The summed E-state index contributed by atoms with van der Waals surface area (Å²) in [5.74, 6) is 0.699. The normalized spacial score (nSPS) is 12.2. The van der Waals surface area contributed by atoms with Gasteiger partial charge >= 0.3 is 0 Å². The average molecular weight is 364 g/mol. The van der Waals surface area contributed by atoms with Gasteiger partial charge in [0.2, 0.25) is 0 Å². The third kappa shape index (κ3) is 6.34. The Morgan fingerprint density at radius 1 is 0.692 bits per heavy atom. The maximum atomic E-state index is 10.6. The second-order valence-electron chi connectivity index (χ2n) is 6.42. The van der Waals surface area contributed by atoms with E-state index in [1.807, 2.05) is 30.3 Å². The number of hydrogen-bond donors (Lipinski definition) is 1. The van der Waals surface area contributed by atoms with Crippen LogP contribution in [0.15, 0.2) is 95.9 Å². The first-order valence-corrected chi connectivity index (χ1v) is 9.94. The quantitative estimate of drug-likeness (QED) is 0.550. The molecule has 1 unspecified atom stereocenters. The number of nitrogens with zero attached hydrogens (tertiary/aromatic N) is 1. The molecule has 0 aliphatic rings. The molecule has 0 radical (unpaired) electrons. The van der Waals surface area contributed by atoms with E-state index in [9.17, 15) is 5.11 Å². The number of aliphatic hydroxyl groups excluding tert-OH is 1. The van der Waals surface area contributed by atoms with Crippen molar-refractivity contribution >= 4 is 11.8 Å². The molecule has 1 atom stereocenters. The minimum absolute atomic E-state index is 0.368. The SMILES string of the molecule is OC(CSc1ccccc1)CN(Cc1ccccc1)Cc1ccccc1. The predicted molar refractivity (Wildman–Crippen MR) is 110 cm³/mol. The summed E-state index contributed by atoms with van der Waals surface area (Å²) >= 11 is 1.71. The van der Waals surface area contributed by atoms with E-state index in [1.165, 1.54) is 16.0 Å². The zero-order valence-corrected chi connectivity index (χ0v) is 15.7. The predicted octanol–water partition coefficient (Wildman–Crippen LogP) is 4.84. The number of hydrogen-bond acceptors (Lipinski definition) is 3. The van der Waals surface area contributed by atoms with E-state index in [1.54, 1.807) is 11.8 Å². The van der Waals surface area contributed by atoms with Crippen molar-refractivity contribution in [2.45, 2.75) is 24.1 Å². The van der Waals surface area contributed by atoms with E-state index in [2.05, 4.69) is 65.6 Å². The molecule has 26 heavy (non-hydrogen) atoms. The monoisotopic (exact) mass is 363 g/mol. The van der Waals surface area contributed by atoms with Crippen molar-refractivity contribution in [3.8, 4) is 0 Å². The fraction of sp³-hybridized carbons (Fsp3) is 0.217. The standard InChI is InChI=1S/C23H25NOS/c25-22(19-26-23-14-8-3-9-15-23)18-24(16-20-10-4-1-5-11-20)17-21-12-6-2-7-13-21/h1-15,22,25H,16-19H2. The highest BCUT2D eigenvalue weighted by Gasteiger charge is 2.13. The first-order valence-electron chi connectivity index (χ1n) is 8.96. The molecular formula is C23H25NOS. The first kappa shape index (κ1) is 18.7. The van der Waals surface area contributed by atoms with Crippen LogP contribution in [0.25, 0.3) is 0 Å². The van der Waals surface area contributed by atoms with Crippen LogP contribution in [0, 0.1) is 0 Å². The van der Waals surface area contributed by atoms with Gasteiger partial charge in [-0.25, -0.2) is 0 Å². The van der Waals surface area contributed by atoms with Crippen molar-refractivity contribution < 1.29 is 5.11 Å². The maximum Gasteiger partial charge on any atom is 0.0761 e. The van der Waals surface area contributed by atoms with Crippen LogP contribution in [-0.4, -0.2) is 28.4 Å². The Balaban J connectivity index is 1.60. The lowest BCUT2D eigenvalue weighted by Gasteiger charge is -2.25. The van der Waals surface area contributed by atoms with Crippen molar-refractivity contribution in [1.29, 1.82) is 0 Å². The highest BCUT2D eigenvalue weighted by atomic mass is 32.2. The first-order chi connectivity index (χ1) is 12.8. The third-order valence-corrected chi connectivity index (χ3v) is 5.31. The van der Waals surface area contributed by atoms with Gasteiger partial charge in [-0.1, -0.05) is 78.9 Å². The number of rotatable bonds is 9. The molecule has 0 fully saturated rings. The summed E-state index contributed by atoms with van der Waals surface area (Å²) in [6.07, 6.45) is -0.368. The van der Waals surface area contributed by atoms with Gasteiger partial charge in [0.05, 0.1) is 6.10 Å². The van der Waals surface area contributed by atoms with Crippen LogP contribution in [0.5, 0.6) is 0 Å². The minimum Gasteiger partial charge on any atom is -0.391 e. The number of aliphatic hydroxyl groups is 1. The lowest BCUT2D eigenvalue weighted by Crippen LogP contribution is -2.33. The van der Waals surface area contributed by atoms with Gasteiger partial charge in [0.15, 0.2) is 0 Å². The van der Waals surface area contributed by atoms with Crippen molar-refractivity contribution in [3.63, 3.8) is 0 Å². The minimum atomic E-state index is -0.368. The lowest BCUT2D eigenvalue weighted by molar-refractivity contribution is 0.121. The summed E-state index contributed by atoms with van der Waals surface area (Å²) in [6.45, 7) is 2.33. The van der Waals surface area contributed by atoms with Gasteiger partial charge in [0.25, 0.3) is 0 Å². The van der Waals surface area contributed by atoms with Crippen molar-refractivity contribution in [2.24, 2.45) is 0 Å². The Hall–Kier alpha value is -2.07. The Morgan fingerprint density at radius 3 is 1.65 bits per heavy atom. The summed E-state index contributed by atoms with van der Waals surface area (Å²) < 4.78 is 0. The Bertz CT molecular complexity index is 707. The molecule has 3 aromatic rings. The fourth-order valence-electron chi connectivity index (χ4n) is 2.93. The lowest BCUT2D eigenvalue weighted by atomic mass is 10.1. The number of benzene rings is 3. The molecule has 0 saturated heterocycles. The highest BCUT2D eigenvalue weighted by molar-refractivity contribution is 7.99. The molecule has 0 spiro atoms. The molecule has 0 bridgehead atoms. The second-order valence-corrected chi connectivity index (χ2v) is 7.51. The smallest absolute Gasteiger partial charge is 0.0761 e. The molecule has 0 amide bonds. The molecule has 134 valence electrons. The molecule has 3 heteroatoms. The summed E-state index contributed by atoms with van der Waals surface area (Å²) in [4.78, 5) is 3.52. The topological polar surface area (TPSA) is 23.5 Å². The van der Waals surface area contributed by atoms with Crippen molar-refractivity contribution in [1.82, 2.24) is 4.90 Å². The molecule has 2 nitrogen and oxygen atoms in total. The van der Waals surface area contributed by atoms with Crippen LogP contribution in [0.3, 0.4) is 0 Å². The molecule has 0 aliphatic heterocycles. The van der Waals surface area contributed by atoms with Gasteiger partial charge in [0, 0.05) is 30.3 Å². The molecule has 0 saturated carbocycles.